The highest BCUT2D eigenvalue weighted by atomic mass is 19.4. The van der Waals surface area contributed by atoms with Crippen molar-refractivity contribution in [3.05, 3.63) is 17.8 Å². The molecule has 2 N–H and O–H groups in total. The van der Waals surface area contributed by atoms with Gasteiger partial charge in [-0.3, -0.25) is 0 Å². The zero-order chi connectivity index (χ0) is 12.6. The zero-order valence-corrected chi connectivity index (χ0v) is 7.56. The lowest BCUT2D eigenvalue weighted by Crippen LogP contribution is -2.33. The van der Waals surface area contributed by atoms with Crippen LogP contribution in [0.25, 0.3) is 0 Å². The van der Waals surface area contributed by atoms with Gasteiger partial charge in [0, 0.05) is 0 Å². The Morgan fingerprint density at radius 3 is 2.00 bits per heavy atom. The molecule has 0 aromatic carbocycles. The highest BCUT2D eigenvalue weighted by Crippen LogP contribution is 2.46. The van der Waals surface area contributed by atoms with Gasteiger partial charge in [0.15, 0.2) is 0 Å². The van der Waals surface area contributed by atoms with Crippen molar-refractivity contribution in [2.45, 2.75) is 24.8 Å². The van der Waals surface area contributed by atoms with E-state index in [4.69, 9.17) is 5.73 Å². The number of nitrogens with zero attached hydrogens (tertiary/aromatic N) is 1. The van der Waals surface area contributed by atoms with Gasteiger partial charge in [0.2, 0.25) is 11.8 Å². The van der Waals surface area contributed by atoms with Crippen LogP contribution in [0.5, 0.6) is 0 Å². The van der Waals surface area contributed by atoms with Crippen LogP contribution in [-0.2, 0) is 6.54 Å². The number of hydrogen-bond donors (Lipinski definition) is 1. The summed E-state index contributed by atoms with van der Waals surface area (Å²) in [5.41, 5.74) is 4.96. The van der Waals surface area contributed by atoms with Gasteiger partial charge >= 0.3 is 12.4 Å². The van der Waals surface area contributed by atoms with Crippen LogP contribution in [0.1, 0.15) is 17.6 Å². The number of hydrogen-bond acceptors (Lipinski definition) is 3. The average Bonchev–Trinajstić information content (AvgIpc) is 2.47. The number of rotatable bonds is 2. The first-order valence-electron chi connectivity index (χ1n) is 3.94. The van der Waals surface area contributed by atoms with Gasteiger partial charge in [-0.1, -0.05) is 0 Å². The van der Waals surface area contributed by atoms with Crippen molar-refractivity contribution in [3.63, 3.8) is 0 Å². The molecule has 0 radical (unpaired) electrons. The molecular formula is C7H6F6N2O. The minimum atomic E-state index is -5.48. The SMILES string of the molecule is NCc1ncc(C(C(F)(F)F)C(F)(F)F)o1. The molecule has 0 fully saturated rings. The molecule has 9 heteroatoms. The Kier molecular flexibility index (Phi) is 3.17. The third-order valence-corrected chi connectivity index (χ3v) is 1.69. The minimum absolute atomic E-state index is 0.373. The molecule has 0 atom stereocenters. The summed E-state index contributed by atoms with van der Waals surface area (Å²) in [4.78, 5) is 3.19. The molecule has 16 heavy (non-hydrogen) atoms. The first-order chi connectivity index (χ1) is 7.16. The molecule has 0 aliphatic carbocycles. The van der Waals surface area contributed by atoms with Crippen LogP contribution in [0.2, 0.25) is 0 Å². The van der Waals surface area contributed by atoms with Crippen molar-refractivity contribution in [3.8, 4) is 0 Å². The highest BCUT2D eigenvalue weighted by Gasteiger charge is 2.59. The average molecular weight is 248 g/mol. The molecule has 0 unspecified atom stereocenters. The molecule has 1 heterocycles. The zero-order valence-electron chi connectivity index (χ0n) is 7.56. The largest absolute Gasteiger partial charge is 0.443 e. The first kappa shape index (κ1) is 12.8. The Morgan fingerprint density at radius 2 is 1.69 bits per heavy atom. The van der Waals surface area contributed by atoms with Crippen LogP contribution in [0, 0.1) is 0 Å². The standard InChI is InChI=1S/C7H6F6N2O/c8-6(9,10)5(7(11,12)13)3-2-15-4(1-14)16-3/h2,5H,1,14H2. The van der Waals surface area contributed by atoms with Crippen molar-refractivity contribution in [2.24, 2.45) is 5.73 Å². The summed E-state index contributed by atoms with van der Waals surface area (Å²) in [6.45, 7) is -0.373. The fraction of sp³-hybridized carbons (Fsp3) is 0.571. The van der Waals surface area contributed by atoms with E-state index in [2.05, 4.69) is 9.40 Å². The minimum Gasteiger partial charge on any atom is -0.443 e. The van der Waals surface area contributed by atoms with Crippen LogP contribution in [0.3, 0.4) is 0 Å². The summed E-state index contributed by atoms with van der Waals surface area (Å²) in [7, 11) is 0. The van der Waals surface area contributed by atoms with Crippen LogP contribution < -0.4 is 5.73 Å². The van der Waals surface area contributed by atoms with E-state index >= 15 is 0 Å². The Balaban J connectivity index is 3.12. The summed E-state index contributed by atoms with van der Waals surface area (Å²) < 4.78 is 77.3. The van der Waals surface area contributed by atoms with Crippen LogP contribution in [0.15, 0.2) is 10.6 Å². The number of nitrogens with two attached hydrogens (primary N) is 1. The maximum Gasteiger partial charge on any atom is 0.407 e. The lowest BCUT2D eigenvalue weighted by molar-refractivity contribution is -0.257. The molecule has 92 valence electrons. The molecule has 0 saturated carbocycles. The van der Waals surface area contributed by atoms with Gasteiger partial charge in [-0.05, 0) is 0 Å². The summed E-state index contributed by atoms with van der Waals surface area (Å²) in [5.74, 6) is -5.36. The molecule has 0 saturated heterocycles. The molecule has 3 nitrogen and oxygen atoms in total. The molecule has 0 spiro atoms. The third-order valence-electron chi connectivity index (χ3n) is 1.69. The second-order valence-electron chi connectivity index (χ2n) is 2.88. The van der Waals surface area contributed by atoms with E-state index in [0.717, 1.165) is 0 Å². The van der Waals surface area contributed by atoms with Gasteiger partial charge in [-0.25, -0.2) is 4.98 Å². The highest BCUT2D eigenvalue weighted by molar-refractivity contribution is 5.08. The van der Waals surface area contributed by atoms with E-state index in [9.17, 15) is 26.3 Å². The van der Waals surface area contributed by atoms with Gasteiger partial charge in [-0.2, -0.15) is 26.3 Å². The second-order valence-corrected chi connectivity index (χ2v) is 2.88. The second kappa shape index (κ2) is 3.96. The van der Waals surface area contributed by atoms with Gasteiger partial charge in [0.1, 0.15) is 5.76 Å². The van der Waals surface area contributed by atoms with Crippen molar-refractivity contribution < 1.29 is 30.8 Å². The Labute approximate surface area is 85.2 Å². The molecule has 0 bridgehead atoms. The van der Waals surface area contributed by atoms with E-state index in [-0.39, 0.29) is 12.4 Å². The van der Waals surface area contributed by atoms with Crippen LogP contribution in [0.4, 0.5) is 26.3 Å². The van der Waals surface area contributed by atoms with E-state index < -0.39 is 24.0 Å². The summed E-state index contributed by atoms with van der Waals surface area (Å²) >= 11 is 0. The predicted molar refractivity (Wildman–Crippen MR) is 39.2 cm³/mol. The fourth-order valence-corrected chi connectivity index (χ4v) is 1.06. The van der Waals surface area contributed by atoms with Crippen molar-refractivity contribution in [1.82, 2.24) is 4.98 Å². The van der Waals surface area contributed by atoms with Crippen LogP contribution >= 0.6 is 0 Å². The van der Waals surface area contributed by atoms with Crippen molar-refractivity contribution in [2.75, 3.05) is 0 Å². The Bertz CT molecular complexity index is 340. The molecule has 1 rings (SSSR count). The number of halogens is 6. The maximum atomic E-state index is 12.2. The molecule has 0 aliphatic heterocycles. The number of aromatic nitrogens is 1. The summed E-state index contributed by atoms with van der Waals surface area (Å²) in [5, 5.41) is 0. The normalized spacial score (nSPS) is 13.5. The predicted octanol–water partition coefficient (Wildman–Crippen LogP) is 2.34. The number of alkyl halides is 6. The topological polar surface area (TPSA) is 52.0 Å². The van der Waals surface area contributed by atoms with Crippen molar-refractivity contribution in [1.29, 1.82) is 0 Å². The quantitative estimate of drug-likeness (QED) is 0.817. The Hall–Kier alpha value is -1.25. The van der Waals surface area contributed by atoms with E-state index in [1.807, 2.05) is 0 Å². The molecule has 1 aromatic heterocycles. The van der Waals surface area contributed by atoms with Gasteiger partial charge in [0.05, 0.1) is 12.7 Å². The monoisotopic (exact) mass is 248 g/mol. The van der Waals surface area contributed by atoms with Crippen molar-refractivity contribution >= 4 is 0 Å². The first-order valence-corrected chi connectivity index (χ1v) is 3.94. The lowest BCUT2D eigenvalue weighted by Gasteiger charge is -2.20. The smallest absolute Gasteiger partial charge is 0.407 e. The van der Waals surface area contributed by atoms with E-state index in [0.29, 0.717) is 6.20 Å². The van der Waals surface area contributed by atoms with E-state index in [1.54, 1.807) is 0 Å². The third kappa shape index (κ3) is 2.65. The molecule has 0 amide bonds. The molecule has 0 aliphatic rings. The van der Waals surface area contributed by atoms with Gasteiger partial charge in [-0.15, -0.1) is 0 Å². The number of oxazole rings is 1. The summed E-state index contributed by atoms with van der Waals surface area (Å²) in [6.07, 6.45) is -10.6. The fourth-order valence-electron chi connectivity index (χ4n) is 1.06. The molecular weight excluding hydrogens is 242 g/mol. The maximum absolute atomic E-state index is 12.2. The van der Waals surface area contributed by atoms with Gasteiger partial charge < -0.3 is 10.2 Å². The molecule has 1 aromatic rings. The van der Waals surface area contributed by atoms with Gasteiger partial charge in [0.25, 0.3) is 0 Å². The lowest BCUT2D eigenvalue weighted by atomic mass is 10.1. The summed E-state index contributed by atoms with van der Waals surface area (Å²) in [6, 6.07) is 0. The van der Waals surface area contributed by atoms with E-state index in [1.165, 1.54) is 0 Å². The van der Waals surface area contributed by atoms with Crippen LogP contribution in [-0.4, -0.2) is 17.3 Å². The Morgan fingerprint density at radius 1 is 1.19 bits per heavy atom.